The van der Waals surface area contributed by atoms with E-state index in [-0.39, 0.29) is 17.9 Å². The van der Waals surface area contributed by atoms with Crippen LogP contribution in [0.4, 0.5) is 0 Å². The van der Waals surface area contributed by atoms with E-state index in [0.29, 0.717) is 13.1 Å². The number of carbonyl (C=O) groups is 2. The van der Waals surface area contributed by atoms with Gasteiger partial charge in [0.05, 0.1) is 0 Å². The van der Waals surface area contributed by atoms with E-state index in [1.165, 1.54) is 0 Å². The average Bonchev–Trinajstić information content (AvgIpc) is 2.47. The van der Waals surface area contributed by atoms with Gasteiger partial charge in [0, 0.05) is 26.1 Å². The van der Waals surface area contributed by atoms with Crippen molar-refractivity contribution < 1.29 is 9.59 Å². The molecule has 1 fully saturated rings. The molecule has 0 aromatic heterocycles. The van der Waals surface area contributed by atoms with Gasteiger partial charge in [-0.2, -0.15) is 0 Å². The molecule has 0 saturated carbocycles. The van der Waals surface area contributed by atoms with Crippen molar-refractivity contribution in [3.05, 3.63) is 35.4 Å². The van der Waals surface area contributed by atoms with E-state index in [0.717, 1.165) is 24.0 Å². The van der Waals surface area contributed by atoms with E-state index in [4.69, 9.17) is 5.73 Å². The number of aryl methyl sites for hydroxylation is 1. The predicted octanol–water partition coefficient (Wildman–Crippen LogP) is 1.12. The van der Waals surface area contributed by atoms with Gasteiger partial charge in [0.25, 0.3) is 0 Å². The van der Waals surface area contributed by atoms with Crippen molar-refractivity contribution in [2.24, 2.45) is 5.73 Å². The van der Waals surface area contributed by atoms with Crippen molar-refractivity contribution >= 4 is 11.8 Å². The van der Waals surface area contributed by atoms with Crippen LogP contribution in [0.2, 0.25) is 0 Å². The van der Waals surface area contributed by atoms with E-state index >= 15 is 0 Å². The summed E-state index contributed by atoms with van der Waals surface area (Å²) < 4.78 is 0. The molecule has 1 aromatic rings. The number of hydrogen-bond donors (Lipinski definition) is 2. The molecule has 1 aromatic carbocycles. The third kappa shape index (κ3) is 4.04. The molecule has 1 atom stereocenters. The Bertz CT molecular complexity index is 505. The number of piperidine rings is 1. The van der Waals surface area contributed by atoms with Gasteiger partial charge in [-0.3, -0.25) is 9.59 Å². The molecule has 5 heteroatoms. The van der Waals surface area contributed by atoms with Gasteiger partial charge in [0.15, 0.2) is 0 Å². The number of hydrogen-bond acceptors (Lipinski definition) is 3. The molecule has 0 bridgehead atoms. The average molecular weight is 289 g/mol. The molecule has 3 N–H and O–H groups in total. The van der Waals surface area contributed by atoms with Gasteiger partial charge in [-0.25, -0.2) is 0 Å². The first kappa shape index (κ1) is 15.5. The fraction of sp³-hybridized carbons (Fsp3) is 0.500. The molecule has 2 rings (SSSR count). The van der Waals surface area contributed by atoms with Crippen LogP contribution in [0.25, 0.3) is 0 Å². The van der Waals surface area contributed by atoms with Crippen molar-refractivity contribution in [1.82, 2.24) is 10.2 Å². The van der Waals surface area contributed by atoms with Gasteiger partial charge in [0.2, 0.25) is 11.8 Å². The van der Waals surface area contributed by atoms with Crippen LogP contribution >= 0.6 is 0 Å². The third-order valence-corrected chi connectivity index (χ3v) is 4.01. The van der Waals surface area contributed by atoms with Crippen molar-refractivity contribution in [1.29, 1.82) is 0 Å². The number of carbonyl (C=O) groups excluding carboxylic acids is 2. The highest BCUT2D eigenvalue weighted by atomic mass is 16.2. The van der Waals surface area contributed by atoms with Gasteiger partial charge in [-0.05, 0) is 25.3 Å². The highest BCUT2D eigenvalue weighted by molar-refractivity contribution is 5.83. The Labute approximate surface area is 125 Å². The zero-order chi connectivity index (χ0) is 15.4. The Morgan fingerprint density at radius 2 is 1.81 bits per heavy atom. The van der Waals surface area contributed by atoms with Crippen LogP contribution in [-0.4, -0.2) is 35.8 Å². The lowest BCUT2D eigenvalue weighted by molar-refractivity contribution is -0.130. The second-order valence-electron chi connectivity index (χ2n) is 5.68. The molecule has 1 aliphatic rings. The maximum Gasteiger partial charge on any atom is 0.241 e. The minimum atomic E-state index is -0.642. The standard InChI is InChI=1S/C16H23N3O2/c1-11-3-5-13(6-4-11)15(17)16(21)18-14-7-9-19(10-8-14)12(2)20/h3-6,14-15H,7-10,17H2,1-2H3,(H,18,21). The second kappa shape index (κ2) is 6.72. The lowest BCUT2D eigenvalue weighted by Crippen LogP contribution is -2.48. The van der Waals surface area contributed by atoms with Gasteiger partial charge >= 0.3 is 0 Å². The van der Waals surface area contributed by atoms with E-state index in [1.54, 1.807) is 6.92 Å². The quantitative estimate of drug-likeness (QED) is 0.875. The molecule has 1 heterocycles. The molecule has 21 heavy (non-hydrogen) atoms. The van der Waals surface area contributed by atoms with Gasteiger partial charge < -0.3 is 16.0 Å². The number of likely N-dealkylation sites (tertiary alicyclic amines) is 1. The summed E-state index contributed by atoms with van der Waals surface area (Å²) in [6, 6.07) is 7.14. The van der Waals surface area contributed by atoms with E-state index in [2.05, 4.69) is 5.32 Å². The maximum absolute atomic E-state index is 12.2. The summed E-state index contributed by atoms with van der Waals surface area (Å²) in [6.07, 6.45) is 1.57. The normalized spacial score (nSPS) is 17.4. The zero-order valence-electron chi connectivity index (χ0n) is 12.6. The first-order valence-corrected chi connectivity index (χ1v) is 7.35. The fourth-order valence-electron chi connectivity index (χ4n) is 2.55. The van der Waals surface area contributed by atoms with Crippen LogP contribution in [0.5, 0.6) is 0 Å². The summed E-state index contributed by atoms with van der Waals surface area (Å²) in [6.45, 7) is 4.96. The van der Waals surface area contributed by atoms with Gasteiger partial charge in [-0.15, -0.1) is 0 Å². The first-order valence-electron chi connectivity index (χ1n) is 7.35. The summed E-state index contributed by atoms with van der Waals surface area (Å²) in [5.74, 6) is -0.0590. The van der Waals surface area contributed by atoms with Gasteiger partial charge in [0.1, 0.15) is 6.04 Å². The van der Waals surface area contributed by atoms with Crippen molar-refractivity contribution in [2.75, 3.05) is 13.1 Å². The Balaban J connectivity index is 1.87. The molecule has 0 spiro atoms. The number of nitrogens with one attached hydrogen (secondary N) is 1. The van der Waals surface area contributed by atoms with Crippen LogP contribution in [0, 0.1) is 6.92 Å². The number of benzene rings is 1. The predicted molar refractivity (Wildman–Crippen MR) is 81.5 cm³/mol. The van der Waals surface area contributed by atoms with Crippen LogP contribution in [0.3, 0.4) is 0 Å². The van der Waals surface area contributed by atoms with Crippen LogP contribution < -0.4 is 11.1 Å². The Hall–Kier alpha value is -1.88. The summed E-state index contributed by atoms with van der Waals surface area (Å²) in [4.78, 5) is 25.3. The summed E-state index contributed by atoms with van der Waals surface area (Å²) in [5, 5.41) is 2.99. The second-order valence-corrected chi connectivity index (χ2v) is 5.68. The van der Waals surface area contributed by atoms with Crippen molar-refractivity contribution in [3.8, 4) is 0 Å². The maximum atomic E-state index is 12.2. The highest BCUT2D eigenvalue weighted by Gasteiger charge is 2.24. The number of nitrogens with two attached hydrogens (primary N) is 1. The molecule has 0 aliphatic carbocycles. The Morgan fingerprint density at radius 3 is 2.33 bits per heavy atom. The number of amides is 2. The molecule has 2 amide bonds. The molecule has 0 radical (unpaired) electrons. The van der Waals surface area contributed by atoms with Crippen LogP contribution in [-0.2, 0) is 9.59 Å². The minimum Gasteiger partial charge on any atom is -0.352 e. The highest BCUT2D eigenvalue weighted by Crippen LogP contribution is 2.14. The van der Waals surface area contributed by atoms with Crippen LogP contribution in [0.15, 0.2) is 24.3 Å². The molecule has 1 saturated heterocycles. The summed E-state index contributed by atoms with van der Waals surface area (Å²) in [7, 11) is 0. The zero-order valence-corrected chi connectivity index (χ0v) is 12.6. The van der Waals surface area contributed by atoms with Crippen molar-refractivity contribution in [3.63, 3.8) is 0 Å². The lowest BCUT2D eigenvalue weighted by atomic mass is 10.0. The minimum absolute atomic E-state index is 0.0936. The molecule has 1 aliphatic heterocycles. The monoisotopic (exact) mass is 289 g/mol. The smallest absolute Gasteiger partial charge is 0.241 e. The Morgan fingerprint density at radius 1 is 1.24 bits per heavy atom. The Kier molecular flexibility index (Phi) is 4.96. The summed E-state index contributed by atoms with van der Waals surface area (Å²) >= 11 is 0. The molecule has 5 nitrogen and oxygen atoms in total. The first-order chi connectivity index (χ1) is 9.97. The fourth-order valence-corrected chi connectivity index (χ4v) is 2.55. The van der Waals surface area contributed by atoms with Gasteiger partial charge in [-0.1, -0.05) is 29.8 Å². The number of rotatable bonds is 3. The van der Waals surface area contributed by atoms with E-state index in [1.807, 2.05) is 36.1 Å². The molecule has 114 valence electrons. The molecular formula is C16H23N3O2. The van der Waals surface area contributed by atoms with E-state index in [9.17, 15) is 9.59 Å². The van der Waals surface area contributed by atoms with Crippen LogP contribution in [0.1, 0.15) is 36.9 Å². The number of nitrogens with zero attached hydrogens (tertiary/aromatic N) is 1. The molecule has 1 unspecified atom stereocenters. The third-order valence-electron chi connectivity index (χ3n) is 4.01. The topological polar surface area (TPSA) is 75.4 Å². The summed E-state index contributed by atoms with van der Waals surface area (Å²) in [5.41, 5.74) is 7.97. The van der Waals surface area contributed by atoms with E-state index < -0.39 is 6.04 Å². The SMILES string of the molecule is CC(=O)N1CCC(NC(=O)C(N)c2ccc(C)cc2)CC1. The largest absolute Gasteiger partial charge is 0.352 e. The lowest BCUT2D eigenvalue weighted by Gasteiger charge is -2.32. The molecular weight excluding hydrogens is 266 g/mol. The van der Waals surface area contributed by atoms with Crippen molar-refractivity contribution in [2.45, 2.75) is 38.8 Å².